The molecule has 19 heavy (non-hydrogen) atoms. The first-order chi connectivity index (χ1) is 9.33. The largest absolute Gasteiger partial charge is 0.378 e. The molecule has 1 N–H and O–H groups in total. The van der Waals surface area contributed by atoms with Crippen LogP contribution in [0, 0.1) is 0 Å². The van der Waals surface area contributed by atoms with Gasteiger partial charge in [-0.3, -0.25) is 0 Å². The van der Waals surface area contributed by atoms with Crippen LogP contribution in [0.3, 0.4) is 0 Å². The first-order valence-electron chi connectivity index (χ1n) is 6.23. The van der Waals surface area contributed by atoms with Gasteiger partial charge < -0.3 is 5.32 Å². The van der Waals surface area contributed by atoms with E-state index in [1.807, 2.05) is 16.9 Å². The van der Waals surface area contributed by atoms with Crippen molar-refractivity contribution in [1.82, 2.24) is 9.78 Å². The zero-order valence-electron chi connectivity index (χ0n) is 10.7. The van der Waals surface area contributed by atoms with Crippen LogP contribution in [0.25, 0.3) is 5.69 Å². The van der Waals surface area contributed by atoms with Crippen LogP contribution in [0.4, 0.5) is 5.69 Å². The lowest BCUT2D eigenvalue weighted by atomic mass is 10.2. The molecule has 0 aliphatic heterocycles. The molecule has 1 unspecified atom stereocenters. The third kappa shape index (κ3) is 2.69. The van der Waals surface area contributed by atoms with E-state index < -0.39 is 0 Å². The normalized spacial score (nSPS) is 12.3. The SMILES string of the molecule is CC(Nc1ccc(-n2cccn2)cc1)c1cccs1. The molecule has 0 radical (unpaired) electrons. The van der Waals surface area contributed by atoms with Gasteiger partial charge >= 0.3 is 0 Å². The van der Waals surface area contributed by atoms with E-state index in [-0.39, 0.29) is 0 Å². The zero-order valence-corrected chi connectivity index (χ0v) is 11.5. The smallest absolute Gasteiger partial charge is 0.0647 e. The second-order valence-electron chi connectivity index (χ2n) is 4.38. The molecule has 0 saturated heterocycles. The van der Waals surface area contributed by atoms with Gasteiger partial charge in [0.05, 0.1) is 11.7 Å². The quantitative estimate of drug-likeness (QED) is 0.772. The molecule has 0 fully saturated rings. The van der Waals surface area contributed by atoms with E-state index in [0.29, 0.717) is 6.04 Å². The zero-order chi connectivity index (χ0) is 13.1. The van der Waals surface area contributed by atoms with Crippen molar-refractivity contribution in [3.63, 3.8) is 0 Å². The number of thiophene rings is 1. The Labute approximate surface area is 116 Å². The second-order valence-corrected chi connectivity index (χ2v) is 5.36. The molecule has 0 spiro atoms. The average molecular weight is 269 g/mol. The monoisotopic (exact) mass is 269 g/mol. The van der Waals surface area contributed by atoms with Crippen LogP contribution >= 0.6 is 11.3 Å². The standard InChI is InChI=1S/C15H15N3S/c1-12(15-4-2-11-19-15)17-13-5-7-14(8-6-13)18-10-3-9-16-18/h2-12,17H,1H3. The highest BCUT2D eigenvalue weighted by atomic mass is 32.1. The van der Waals surface area contributed by atoms with Crippen LogP contribution in [0.1, 0.15) is 17.8 Å². The molecular weight excluding hydrogens is 254 g/mol. The number of hydrogen-bond acceptors (Lipinski definition) is 3. The molecule has 0 amide bonds. The van der Waals surface area contributed by atoms with Crippen molar-refractivity contribution in [2.24, 2.45) is 0 Å². The Morgan fingerprint density at radius 2 is 2.00 bits per heavy atom. The van der Waals surface area contributed by atoms with E-state index in [9.17, 15) is 0 Å². The Hall–Kier alpha value is -2.07. The van der Waals surface area contributed by atoms with Crippen molar-refractivity contribution in [1.29, 1.82) is 0 Å². The summed E-state index contributed by atoms with van der Waals surface area (Å²) >= 11 is 1.77. The van der Waals surface area contributed by atoms with Crippen LogP contribution in [-0.4, -0.2) is 9.78 Å². The van der Waals surface area contributed by atoms with Gasteiger partial charge in [0.15, 0.2) is 0 Å². The van der Waals surface area contributed by atoms with Crippen molar-refractivity contribution in [2.75, 3.05) is 5.32 Å². The van der Waals surface area contributed by atoms with Crippen LogP contribution in [-0.2, 0) is 0 Å². The lowest BCUT2D eigenvalue weighted by molar-refractivity contribution is 0.878. The molecule has 2 heterocycles. The Balaban J connectivity index is 1.73. The summed E-state index contributed by atoms with van der Waals surface area (Å²) in [6, 6.07) is 14.8. The van der Waals surface area contributed by atoms with Gasteiger partial charge in [0, 0.05) is 23.0 Å². The third-order valence-corrected chi connectivity index (χ3v) is 4.04. The molecule has 96 valence electrons. The van der Waals surface area contributed by atoms with Crippen molar-refractivity contribution >= 4 is 17.0 Å². The molecule has 0 bridgehead atoms. The van der Waals surface area contributed by atoms with Crippen molar-refractivity contribution < 1.29 is 0 Å². The van der Waals surface area contributed by atoms with Crippen LogP contribution in [0.5, 0.6) is 0 Å². The predicted octanol–water partition coefficient (Wildman–Crippen LogP) is 4.11. The number of nitrogens with one attached hydrogen (secondary N) is 1. The molecule has 3 rings (SSSR count). The molecule has 3 aromatic rings. The minimum absolute atomic E-state index is 0.329. The highest BCUT2D eigenvalue weighted by Gasteiger charge is 2.06. The number of nitrogens with zero attached hydrogens (tertiary/aromatic N) is 2. The Morgan fingerprint density at radius 1 is 1.16 bits per heavy atom. The minimum atomic E-state index is 0.329. The molecule has 0 aliphatic rings. The number of benzene rings is 1. The lowest BCUT2D eigenvalue weighted by Gasteiger charge is -2.14. The Bertz CT molecular complexity index is 612. The summed E-state index contributed by atoms with van der Waals surface area (Å²) in [5, 5.41) is 9.82. The molecule has 3 nitrogen and oxygen atoms in total. The number of hydrogen-bond donors (Lipinski definition) is 1. The van der Waals surface area contributed by atoms with Gasteiger partial charge in [-0.05, 0) is 48.7 Å². The summed E-state index contributed by atoms with van der Waals surface area (Å²) in [5.74, 6) is 0. The van der Waals surface area contributed by atoms with Gasteiger partial charge in [-0.2, -0.15) is 5.10 Å². The summed E-state index contributed by atoms with van der Waals surface area (Å²) in [6.45, 7) is 2.17. The maximum atomic E-state index is 4.22. The molecule has 1 atom stereocenters. The number of aromatic nitrogens is 2. The van der Waals surface area contributed by atoms with Gasteiger partial charge in [-0.1, -0.05) is 6.07 Å². The maximum absolute atomic E-state index is 4.22. The highest BCUT2D eigenvalue weighted by Crippen LogP contribution is 2.23. The maximum Gasteiger partial charge on any atom is 0.0647 e. The molecule has 1 aromatic carbocycles. The van der Waals surface area contributed by atoms with Crippen LogP contribution < -0.4 is 5.32 Å². The van der Waals surface area contributed by atoms with Crippen molar-refractivity contribution in [3.05, 3.63) is 65.1 Å². The van der Waals surface area contributed by atoms with Gasteiger partial charge in [-0.25, -0.2) is 4.68 Å². The highest BCUT2D eigenvalue weighted by molar-refractivity contribution is 7.10. The van der Waals surface area contributed by atoms with Gasteiger partial charge in [0.1, 0.15) is 0 Å². The predicted molar refractivity (Wildman–Crippen MR) is 79.9 cm³/mol. The van der Waals surface area contributed by atoms with E-state index in [1.54, 1.807) is 17.5 Å². The molecular formula is C15H15N3S. The Kier molecular flexibility index (Phi) is 3.33. The summed E-state index contributed by atoms with van der Waals surface area (Å²) < 4.78 is 1.85. The third-order valence-electron chi connectivity index (χ3n) is 2.99. The van der Waals surface area contributed by atoms with E-state index in [1.165, 1.54) is 4.88 Å². The van der Waals surface area contributed by atoms with Gasteiger partial charge in [-0.15, -0.1) is 11.3 Å². The number of anilines is 1. The van der Waals surface area contributed by atoms with Gasteiger partial charge in [0.2, 0.25) is 0 Å². The average Bonchev–Trinajstić information content (AvgIpc) is 3.13. The fourth-order valence-corrected chi connectivity index (χ4v) is 2.73. The topological polar surface area (TPSA) is 29.9 Å². The second kappa shape index (κ2) is 5.28. The first-order valence-corrected chi connectivity index (χ1v) is 7.11. The first kappa shape index (κ1) is 12.0. The van der Waals surface area contributed by atoms with Crippen molar-refractivity contribution in [3.8, 4) is 5.69 Å². The fraction of sp³-hybridized carbons (Fsp3) is 0.133. The van der Waals surface area contributed by atoms with Gasteiger partial charge in [0.25, 0.3) is 0 Å². The summed E-state index contributed by atoms with van der Waals surface area (Å²) in [7, 11) is 0. The van der Waals surface area contributed by atoms with E-state index in [0.717, 1.165) is 11.4 Å². The number of rotatable bonds is 4. The Morgan fingerprint density at radius 3 is 2.63 bits per heavy atom. The summed E-state index contributed by atoms with van der Waals surface area (Å²) in [4.78, 5) is 1.34. The molecule has 0 aliphatic carbocycles. The summed E-state index contributed by atoms with van der Waals surface area (Å²) in [6.07, 6.45) is 3.72. The summed E-state index contributed by atoms with van der Waals surface area (Å²) in [5.41, 5.74) is 2.19. The minimum Gasteiger partial charge on any atom is -0.378 e. The van der Waals surface area contributed by atoms with Crippen LogP contribution in [0.15, 0.2) is 60.2 Å². The van der Waals surface area contributed by atoms with E-state index in [4.69, 9.17) is 0 Å². The molecule has 4 heteroatoms. The lowest BCUT2D eigenvalue weighted by Crippen LogP contribution is -2.04. The molecule has 0 saturated carbocycles. The van der Waals surface area contributed by atoms with Crippen LogP contribution in [0.2, 0.25) is 0 Å². The molecule has 2 aromatic heterocycles. The van der Waals surface area contributed by atoms with Crippen molar-refractivity contribution in [2.45, 2.75) is 13.0 Å². The van der Waals surface area contributed by atoms with E-state index >= 15 is 0 Å². The van der Waals surface area contributed by atoms with E-state index in [2.05, 4.69) is 59.1 Å². The fourth-order valence-electron chi connectivity index (χ4n) is 1.99.